The molecule has 0 aromatic heterocycles. The summed E-state index contributed by atoms with van der Waals surface area (Å²) in [5.41, 5.74) is 0. The quantitative estimate of drug-likeness (QED) is 0.714. The Labute approximate surface area is 119 Å². The molecule has 2 fully saturated rings. The van der Waals surface area contributed by atoms with Crippen LogP contribution in [-0.2, 0) is 0 Å². The normalized spacial score (nSPS) is 28.3. The Morgan fingerprint density at radius 3 is 2.74 bits per heavy atom. The molecule has 0 amide bonds. The van der Waals surface area contributed by atoms with E-state index in [0.717, 1.165) is 18.1 Å². The zero-order chi connectivity index (χ0) is 13.7. The summed E-state index contributed by atoms with van der Waals surface area (Å²) in [4.78, 5) is 5.29. The molecule has 0 aromatic rings. The van der Waals surface area contributed by atoms with Gasteiger partial charge in [-0.25, -0.2) is 0 Å². The lowest BCUT2D eigenvalue weighted by Crippen LogP contribution is -2.45. The highest BCUT2D eigenvalue weighted by molar-refractivity contribution is 4.83. The molecule has 2 atom stereocenters. The lowest BCUT2D eigenvalue weighted by Gasteiger charge is -2.35. The molecular formula is C16H33N3. The fourth-order valence-corrected chi connectivity index (χ4v) is 3.36. The second-order valence-corrected chi connectivity index (χ2v) is 6.64. The Morgan fingerprint density at radius 2 is 2.05 bits per heavy atom. The highest BCUT2D eigenvalue weighted by atomic mass is 15.2. The first-order chi connectivity index (χ1) is 9.20. The van der Waals surface area contributed by atoms with Crippen LogP contribution in [0.25, 0.3) is 0 Å². The summed E-state index contributed by atoms with van der Waals surface area (Å²) >= 11 is 0. The maximum absolute atomic E-state index is 3.63. The van der Waals surface area contributed by atoms with Crippen molar-refractivity contribution in [1.82, 2.24) is 15.1 Å². The van der Waals surface area contributed by atoms with Crippen LogP contribution < -0.4 is 5.32 Å². The molecule has 2 unspecified atom stereocenters. The highest BCUT2D eigenvalue weighted by Crippen LogP contribution is 2.20. The molecule has 0 aromatic carbocycles. The van der Waals surface area contributed by atoms with Gasteiger partial charge in [0.05, 0.1) is 0 Å². The van der Waals surface area contributed by atoms with E-state index < -0.39 is 0 Å². The second kappa shape index (κ2) is 7.61. The fourth-order valence-electron chi connectivity index (χ4n) is 3.36. The number of hydrogen-bond donors (Lipinski definition) is 1. The van der Waals surface area contributed by atoms with Crippen LogP contribution in [0, 0.1) is 0 Å². The van der Waals surface area contributed by atoms with Gasteiger partial charge in [-0.05, 0) is 72.1 Å². The molecule has 1 aliphatic carbocycles. The number of rotatable bonds is 7. The van der Waals surface area contributed by atoms with Crippen molar-refractivity contribution in [1.29, 1.82) is 0 Å². The molecule has 1 saturated carbocycles. The lowest BCUT2D eigenvalue weighted by atomic mass is 10.1. The Balaban J connectivity index is 1.72. The molecule has 1 heterocycles. The van der Waals surface area contributed by atoms with Gasteiger partial charge in [-0.3, -0.25) is 4.90 Å². The molecule has 2 aliphatic rings. The summed E-state index contributed by atoms with van der Waals surface area (Å²) in [5.74, 6) is 0. The molecule has 2 rings (SSSR count). The first-order valence-electron chi connectivity index (χ1n) is 8.38. The number of likely N-dealkylation sites (N-methyl/N-ethyl adjacent to an activating group) is 1. The van der Waals surface area contributed by atoms with E-state index >= 15 is 0 Å². The highest BCUT2D eigenvalue weighted by Gasteiger charge is 2.25. The molecule has 3 heteroatoms. The Hall–Kier alpha value is -0.120. The van der Waals surface area contributed by atoms with Crippen LogP contribution in [0.4, 0.5) is 0 Å². The predicted octanol–water partition coefficient (Wildman–Crippen LogP) is 2.32. The summed E-state index contributed by atoms with van der Waals surface area (Å²) in [6, 6.07) is 2.38. The number of nitrogens with zero attached hydrogens (tertiary/aromatic N) is 2. The van der Waals surface area contributed by atoms with Crippen LogP contribution in [0.2, 0.25) is 0 Å². The third kappa shape index (κ3) is 5.05. The first-order valence-corrected chi connectivity index (χ1v) is 8.38. The minimum Gasteiger partial charge on any atom is -0.314 e. The van der Waals surface area contributed by atoms with Gasteiger partial charge in [0.1, 0.15) is 0 Å². The van der Waals surface area contributed by atoms with Crippen molar-refractivity contribution in [2.75, 3.05) is 33.2 Å². The van der Waals surface area contributed by atoms with E-state index in [-0.39, 0.29) is 0 Å². The van der Waals surface area contributed by atoms with Crippen LogP contribution in [0.3, 0.4) is 0 Å². The van der Waals surface area contributed by atoms with Gasteiger partial charge >= 0.3 is 0 Å². The van der Waals surface area contributed by atoms with E-state index in [2.05, 4.69) is 36.0 Å². The molecule has 0 spiro atoms. The average molecular weight is 267 g/mol. The van der Waals surface area contributed by atoms with Crippen molar-refractivity contribution >= 4 is 0 Å². The third-order valence-electron chi connectivity index (χ3n) is 4.79. The maximum Gasteiger partial charge on any atom is 0.0223 e. The van der Waals surface area contributed by atoms with Gasteiger partial charge in [0, 0.05) is 24.7 Å². The molecule has 3 nitrogen and oxygen atoms in total. The summed E-state index contributed by atoms with van der Waals surface area (Å²) < 4.78 is 0. The van der Waals surface area contributed by atoms with E-state index in [4.69, 9.17) is 0 Å². The van der Waals surface area contributed by atoms with Crippen molar-refractivity contribution in [2.24, 2.45) is 0 Å². The van der Waals surface area contributed by atoms with Gasteiger partial charge in [0.2, 0.25) is 0 Å². The van der Waals surface area contributed by atoms with E-state index in [1.807, 2.05) is 0 Å². The smallest absolute Gasteiger partial charge is 0.0223 e. The Kier molecular flexibility index (Phi) is 6.11. The molecule has 0 bridgehead atoms. The first kappa shape index (κ1) is 15.3. The summed E-state index contributed by atoms with van der Waals surface area (Å²) in [6.07, 6.45) is 8.12. The summed E-state index contributed by atoms with van der Waals surface area (Å²) in [7, 11) is 2.27. The van der Waals surface area contributed by atoms with Crippen LogP contribution in [0.1, 0.15) is 52.4 Å². The largest absolute Gasteiger partial charge is 0.314 e. The predicted molar refractivity (Wildman–Crippen MR) is 82.6 cm³/mol. The van der Waals surface area contributed by atoms with Gasteiger partial charge in [-0.15, -0.1) is 0 Å². The Bertz CT molecular complexity index is 252. The van der Waals surface area contributed by atoms with Crippen LogP contribution in [-0.4, -0.2) is 61.2 Å². The van der Waals surface area contributed by atoms with Crippen LogP contribution >= 0.6 is 0 Å². The van der Waals surface area contributed by atoms with Gasteiger partial charge in [-0.1, -0.05) is 6.92 Å². The minimum absolute atomic E-state index is 0.748. The second-order valence-electron chi connectivity index (χ2n) is 6.64. The third-order valence-corrected chi connectivity index (χ3v) is 4.79. The zero-order valence-corrected chi connectivity index (χ0v) is 13.2. The fraction of sp³-hybridized carbons (Fsp3) is 1.00. The molecular weight excluding hydrogens is 234 g/mol. The van der Waals surface area contributed by atoms with E-state index in [1.165, 1.54) is 64.7 Å². The lowest BCUT2D eigenvalue weighted by molar-refractivity contribution is 0.129. The standard InChI is InChI=1S/C16H33N3/c1-4-16-13-18(3)11-6-12-19(16)14(2)7-5-10-17-15-8-9-15/h14-17H,4-13H2,1-3H3. The maximum atomic E-state index is 3.63. The zero-order valence-electron chi connectivity index (χ0n) is 13.2. The summed E-state index contributed by atoms with van der Waals surface area (Å²) in [5, 5.41) is 3.63. The van der Waals surface area contributed by atoms with E-state index in [0.29, 0.717) is 0 Å². The van der Waals surface area contributed by atoms with E-state index in [9.17, 15) is 0 Å². The molecule has 1 aliphatic heterocycles. The molecule has 1 N–H and O–H groups in total. The molecule has 1 saturated heterocycles. The Morgan fingerprint density at radius 1 is 1.26 bits per heavy atom. The average Bonchev–Trinajstić information content (AvgIpc) is 3.21. The van der Waals surface area contributed by atoms with Gasteiger partial charge in [-0.2, -0.15) is 0 Å². The van der Waals surface area contributed by atoms with Gasteiger partial charge < -0.3 is 10.2 Å². The minimum atomic E-state index is 0.748. The SMILES string of the molecule is CCC1CN(C)CCCN1C(C)CCCNC1CC1. The van der Waals surface area contributed by atoms with E-state index in [1.54, 1.807) is 0 Å². The van der Waals surface area contributed by atoms with Crippen LogP contribution in [0.5, 0.6) is 0 Å². The van der Waals surface area contributed by atoms with Crippen molar-refractivity contribution in [3.05, 3.63) is 0 Å². The van der Waals surface area contributed by atoms with Crippen LogP contribution in [0.15, 0.2) is 0 Å². The molecule has 112 valence electrons. The topological polar surface area (TPSA) is 18.5 Å². The summed E-state index contributed by atoms with van der Waals surface area (Å²) in [6.45, 7) is 9.81. The molecule has 19 heavy (non-hydrogen) atoms. The van der Waals surface area contributed by atoms with Crippen molar-refractivity contribution in [3.8, 4) is 0 Å². The van der Waals surface area contributed by atoms with Crippen molar-refractivity contribution in [3.63, 3.8) is 0 Å². The van der Waals surface area contributed by atoms with Gasteiger partial charge in [0.15, 0.2) is 0 Å². The number of nitrogens with one attached hydrogen (secondary N) is 1. The van der Waals surface area contributed by atoms with Gasteiger partial charge in [0.25, 0.3) is 0 Å². The molecule has 0 radical (unpaired) electrons. The van der Waals surface area contributed by atoms with Crippen molar-refractivity contribution < 1.29 is 0 Å². The van der Waals surface area contributed by atoms with Crippen molar-refractivity contribution in [2.45, 2.75) is 70.5 Å². The monoisotopic (exact) mass is 267 g/mol. The number of hydrogen-bond acceptors (Lipinski definition) is 3.